The van der Waals surface area contributed by atoms with E-state index in [1.807, 2.05) is 18.2 Å². The third-order valence-corrected chi connectivity index (χ3v) is 3.16. The van der Waals surface area contributed by atoms with E-state index in [1.54, 1.807) is 0 Å². The molecule has 1 saturated heterocycles. The minimum Gasteiger partial charge on any atom is -0.314 e. The molecule has 1 aromatic rings. The largest absolute Gasteiger partial charge is 0.314 e. The predicted molar refractivity (Wildman–Crippen MR) is 56.8 cm³/mol. The van der Waals surface area contributed by atoms with Crippen LogP contribution in [0.25, 0.3) is 0 Å². The Morgan fingerprint density at radius 2 is 1.86 bits per heavy atom. The Bertz CT molecular complexity index is 308. The Morgan fingerprint density at radius 3 is 2.50 bits per heavy atom. The van der Waals surface area contributed by atoms with E-state index in [0.29, 0.717) is 5.92 Å². The molecule has 1 aromatic carbocycles. The van der Waals surface area contributed by atoms with Crippen LogP contribution >= 0.6 is 11.6 Å². The van der Waals surface area contributed by atoms with Gasteiger partial charge < -0.3 is 5.21 Å². The van der Waals surface area contributed by atoms with Gasteiger partial charge in [-0.15, -0.1) is 0 Å². The zero-order valence-corrected chi connectivity index (χ0v) is 8.74. The molecule has 1 aliphatic heterocycles. The highest BCUT2D eigenvalue weighted by molar-refractivity contribution is 6.31. The standard InChI is InChI=1S/C11H14ClNO/c12-11-4-2-1-3-10(11)9-5-7-13(14)8-6-9/h1-4,9,14H,5-8H2. The number of hydrogen-bond acceptors (Lipinski definition) is 2. The highest BCUT2D eigenvalue weighted by Gasteiger charge is 2.20. The van der Waals surface area contributed by atoms with Crippen molar-refractivity contribution in [2.24, 2.45) is 0 Å². The molecule has 0 aliphatic carbocycles. The van der Waals surface area contributed by atoms with E-state index in [-0.39, 0.29) is 0 Å². The van der Waals surface area contributed by atoms with E-state index in [1.165, 1.54) is 10.6 Å². The van der Waals surface area contributed by atoms with Crippen LogP contribution in [0.3, 0.4) is 0 Å². The number of benzene rings is 1. The third-order valence-electron chi connectivity index (χ3n) is 2.82. The molecule has 0 unspecified atom stereocenters. The van der Waals surface area contributed by atoms with Crippen LogP contribution in [0.2, 0.25) is 5.02 Å². The van der Waals surface area contributed by atoms with Gasteiger partial charge in [-0.1, -0.05) is 29.8 Å². The van der Waals surface area contributed by atoms with Crippen molar-refractivity contribution in [3.8, 4) is 0 Å². The van der Waals surface area contributed by atoms with Crippen molar-refractivity contribution < 1.29 is 5.21 Å². The fraction of sp³-hybridized carbons (Fsp3) is 0.455. The van der Waals surface area contributed by atoms with Gasteiger partial charge in [0.2, 0.25) is 0 Å². The van der Waals surface area contributed by atoms with E-state index < -0.39 is 0 Å². The van der Waals surface area contributed by atoms with Crippen molar-refractivity contribution in [3.63, 3.8) is 0 Å². The predicted octanol–water partition coefficient (Wildman–Crippen LogP) is 2.91. The third kappa shape index (κ3) is 2.08. The summed E-state index contributed by atoms with van der Waals surface area (Å²) in [6, 6.07) is 7.99. The molecule has 3 heteroatoms. The van der Waals surface area contributed by atoms with Crippen molar-refractivity contribution in [3.05, 3.63) is 34.9 Å². The van der Waals surface area contributed by atoms with Gasteiger partial charge in [0, 0.05) is 18.1 Å². The van der Waals surface area contributed by atoms with Crippen molar-refractivity contribution in [2.45, 2.75) is 18.8 Å². The fourth-order valence-corrected chi connectivity index (χ4v) is 2.27. The van der Waals surface area contributed by atoms with Crippen LogP contribution in [0.4, 0.5) is 0 Å². The molecule has 2 rings (SSSR count). The van der Waals surface area contributed by atoms with Crippen LogP contribution in [0.1, 0.15) is 24.3 Å². The molecule has 1 N–H and O–H groups in total. The Labute approximate surface area is 89.1 Å². The smallest absolute Gasteiger partial charge is 0.0440 e. The highest BCUT2D eigenvalue weighted by atomic mass is 35.5. The monoisotopic (exact) mass is 211 g/mol. The lowest BCUT2D eigenvalue weighted by Crippen LogP contribution is -2.29. The summed E-state index contributed by atoms with van der Waals surface area (Å²) >= 11 is 6.12. The van der Waals surface area contributed by atoms with Gasteiger partial charge >= 0.3 is 0 Å². The first kappa shape index (κ1) is 9.97. The zero-order valence-electron chi connectivity index (χ0n) is 7.99. The van der Waals surface area contributed by atoms with Gasteiger partial charge in [-0.3, -0.25) is 0 Å². The molecule has 1 heterocycles. The van der Waals surface area contributed by atoms with Crippen LogP contribution < -0.4 is 0 Å². The Morgan fingerprint density at radius 1 is 1.21 bits per heavy atom. The molecule has 1 fully saturated rings. The summed E-state index contributed by atoms with van der Waals surface area (Å²) in [6.45, 7) is 1.49. The molecule has 0 spiro atoms. The van der Waals surface area contributed by atoms with E-state index in [9.17, 15) is 5.21 Å². The van der Waals surface area contributed by atoms with Gasteiger partial charge in [0.15, 0.2) is 0 Å². The molecule has 0 amide bonds. The van der Waals surface area contributed by atoms with Gasteiger partial charge in [0.1, 0.15) is 0 Å². The molecular weight excluding hydrogens is 198 g/mol. The lowest BCUT2D eigenvalue weighted by molar-refractivity contribution is -0.106. The van der Waals surface area contributed by atoms with Crippen molar-refractivity contribution in [1.29, 1.82) is 0 Å². The summed E-state index contributed by atoms with van der Waals surface area (Å²) in [4.78, 5) is 0. The summed E-state index contributed by atoms with van der Waals surface area (Å²) in [5, 5.41) is 11.5. The van der Waals surface area contributed by atoms with Crippen molar-refractivity contribution in [1.82, 2.24) is 5.06 Å². The quantitative estimate of drug-likeness (QED) is 0.772. The van der Waals surface area contributed by atoms with Gasteiger partial charge in [-0.2, -0.15) is 5.06 Å². The van der Waals surface area contributed by atoms with E-state index in [0.717, 1.165) is 31.0 Å². The minimum atomic E-state index is 0.507. The second-order valence-corrected chi connectivity index (χ2v) is 4.16. The van der Waals surface area contributed by atoms with Gasteiger partial charge in [0.05, 0.1) is 0 Å². The van der Waals surface area contributed by atoms with Crippen LogP contribution in [-0.2, 0) is 0 Å². The fourth-order valence-electron chi connectivity index (χ4n) is 1.98. The molecule has 14 heavy (non-hydrogen) atoms. The number of nitrogens with zero attached hydrogens (tertiary/aromatic N) is 1. The van der Waals surface area contributed by atoms with E-state index in [2.05, 4.69) is 6.07 Å². The lowest BCUT2D eigenvalue weighted by Gasteiger charge is -2.28. The summed E-state index contributed by atoms with van der Waals surface area (Å²) in [5.41, 5.74) is 1.22. The maximum absolute atomic E-state index is 9.24. The summed E-state index contributed by atoms with van der Waals surface area (Å²) in [7, 11) is 0. The first-order valence-electron chi connectivity index (χ1n) is 4.95. The average molecular weight is 212 g/mol. The number of hydroxylamine groups is 2. The van der Waals surface area contributed by atoms with Crippen LogP contribution in [0.15, 0.2) is 24.3 Å². The molecule has 76 valence electrons. The minimum absolute atomic E-state index is 0.507. The van der Waals surface area contributed by atoms with Gasteiger partial charge in [0.25, 0.3) is 0 Å². The first-order valence-corrected chi connectivity index (χ1v) is 5.33. The number of rotatable bonds is 1. The summed E-state index contributed by atoms with van der Waals surface area (Å²) < 4.78 is 0. The Kier molecular flexibility index (Phi) is 3.06. The second kappa shape index (κ2) is 4.30. The van der Waals surface area contributed by atoms with Crippen LogP contribution in [0.5, 0.6) is 0 Å². The molecule has 2 nitrogen and oxygen atoms in total. The molecule has 1 aliphatic rings. The number of hydrogen-bond donors (Lipinski definition) is 1. The number of halogens is 1. The van der Waals surface area contributed by atoms with Crippen molar-refractivity contribution >= 4 is 11.6 Å². The first-order chi connectivity index (χ1) is 6.77. The van der Waals surface area contributed by atoms with Gasteiger partial charge in [-0.25, -0.2) is 0 Å². The zero-order chi connectivity index (χ0) is 9.97. The average Bonchev–Trinajstić information content (AvgIpc) is 2.20. The second-order valence-electron chi connectivity index (χ2n) is 3.75. The van der Waals surface area contributed by atoms with Gasteiger partial charge in [-0.05, 0) is 30.4 Å². The van der Waals surface area contributed by atoms with Crippen LogP contribution in [-0.4, -0.2) is 23.4 Å². The topological polar surface area (TPSA) is 23.5 Å². The molecule has 0 bridgehead atoms. The molecule has 0 aromatic heterocycles. The maximum Gasteiger partial charge on any atom is 0.0440 e. The van der Waals surface area contributed by atoms with E-state index in [4.69, 9.17) is 11.6 Å². The summed E-state index contributed by atoms with van der Waals surface area (Å²) in [6.07, 6.45) is 1.97. The summed E-state index contributed by atoms with van der Waals surface area (Å²) in [5.74, 6) is 0.507. The Hall–Kier alpha value is -0.570. The highest BCUT2D eigenvalue weighted by Crippen LogP contribution is 2.31. The molecule has 0 saturated carbocycles. The maximum atomic E-state index is 9.24. The van der Waals surface area contributed by atoms with Crippen molar-refractivity contribution in [2.75, 3.05) is 13.1 Å². The normalized spacial score (nSPS) is 19.9. The Balaban J connectivity index is 2.12. The SMILES string of the molecule is ON1CCC(c2ccccc2Cl)CC1. The molecular formula is C11H14ClNO. The van der Waals surface area contributed by atoms with E-state index >= 15 is 0 Å². The molecule has 0 atom stereocenters. The number of piperidine rings is 1. The molecule has 0 radical (unpaired) electrons. The lowest BCUT2D eigenvalue weighted by atomic mass is 9.90. The van der Waals surface area contributed by atoms with Crippen LogP contribution in [0, 0.1) is 0 Å².